The molecule has 9 nitrogen and oxygen atoms in total. The number of benzene rings is 2. The molecule has 2 bridgehead atoms. The van der Waals surface area contributed by atoms with Crippen molar-refractivity contribution in [3.63, 3.8) is 0 Å². The van der Waals surface area contributed by atoms with Gasteiger partial charge in [0.25, 0.3) is 0 Å². The van der Waals surface area contributed by atoms with Crippen LogP contribution in [0.4, 0.5) is 19.0 Å². The zero-order chi connectivity index (χ0) is 31.9. The molecule has 5 atom stereocenters. The number of hydrogen-bond acceptors (Lipinski definition) is 8. The van der Waals surface area contributed by atoms with Gasteiger partial charge >= 0.3 is 12.0 Å². The molecule has 4 aromatic rings. The summed E-state index contributed by atoms with van der Waals surface area (Å²) in [6, 6.07) is 5.60. The molecule has 8 rings (SSSR count). The van der Waals surface area contributed by atoms with Gasteiger partial charge in [0, 0.05) is 37.3 Å². The highest BCUT2D eigenvalue weighted by atomic mass is 19.1. The van der Waals surface area contributed by atoms with Crippen LogP contribution in [-0.2, 0) is 11.2 Å². The molecule has 46 heavy (non-hydrogen) atoms. The van der Waals surface area contributed by atoms with Crippen LogP contribution in [-0.4, -0.2) is 80.0 Å². The lowest BCUT2D eigenvalue weighted by molar-refractivity contribution is -0.143. The van der Waals surface area contributed by atoms with Crippen molar-refractivity contribution in [1.29, 1.82) is 0 Å². The fourth-order valence-corrected chi connectivity index (χ4v) is 8.69. The number of phenolic OH excluding ortho intramolecular Hbond substituents is 1. The first-order chi connectivity index (χ1) is 22.2. The monoisotopic (exact) mass is 633 g/mol. The number of piperidine rings is 1. The van der Waals surface area contributed by atoms with Crippen LogP contribution in [0, 0.1) is 23.5 Å². The van der Waals surface area contributed by atoms with Gasteiger partial charge in [0.15, 0.2) is 5.82 Å². The summed E-state index contributed by atoms with van der Waals surface area (Å²) < 4.78 is 52.4. The molecule has 1 saturated carbocycles. The zero-order valence-corrected chi connectivity index (χ0v) is 25.3. The van der Waals surface area contributed by atoms with Crippen molar-refractivity contribution in [2.75, 3.05) is 31.1 Å². The molecule has 3 unspecified atom stereocenters. The van der Waals surface area contributed by atoms with Gasteiger partial charge in [-0.25, -0.2) is 13.2 Å². The number of phenols is 1. The predicted molar refractivity (Wildman–Crippen MR) is 165 cm³/mol. The summed E-state index contributed by atoms with van der Waals surface area (Å²) in [5.74, 6) is -2.24. The van der Waals surface area contributed by atoms with Crippen molar-refractivity contribution < 1.29 is 32.9 Å². The number of carboxylic acids is 1. The third kappa shape index (κ3) is 4.47. The fourth-order valence-electron chi connectivity index (χ4n) is 8.69. The third-order valence-corrected chi connectivity index (χ3v) is 10.8. The molecule has 1 aliphatic carbocycles. The first-order valence-electron chi connectivity index (χ1n) is 16.0. The van der Waals surface area contributed by atoms with Crippen LogP contribution in [0.3, 0.4) is 0 Å². The Morgan fingerprint density at radius 3 is 2.78 bits per heavy atom. The molecular weight excluding hydrogens is 599 g/mol. The molecular formula is C34H34F3N5O4. The summed E-state index contributed by atoms with van der Waals surface area (Å²) in [5.41, 5.74) is -0.00913. The number of pyridine rings is 1. The minimum absolute atomic E-state index is 0.0518. The minimum Gasteiger partial charge on any atom is -0.508 e. The Bertz CT molecular complexity index is 1910. The topological polar surface area (TPSA) is 112 Å². The van der Waals surface area contributed by atoms with E-state index in [-0.39, 0.29) is 47.1 Å². The maximum atomic E-state index is 16.8. The minimum atomic E-state index is -0.944. The van der Waals surface area contributed by atoms with Crippen LogP contribution in [0.5, 0.6) is 11.8 Å². The highest BCUT2D eigenvalue weighted by molar-refractivity contribution is 6.01. The summed E-state index contributed by atoms with van der Waals surface area (Å²) in [6.07, 6.45) is 4.08. The van der Waals surface area contributed by atoms with Crippen LogP contribution in [0.1, 0.15) is 44.6 Å². The number of aliphatic carboxylic acids is 1. The second-order valence-electron chi connectivity index (χ2n) is 13.3. The number of hydrogen-bond donors (Lipinski definition) is 2. The number of aromatic hydroxyl groups is 1. The summed E-state index contributed by atoms with van der Waals surface area (Å²) in [6.45, 7) is 3.55. The van der Waals surface area contributed by atoms with Crippen LogP contribution in [0.2, 0.25) is 0 Å². The number of aromatic nitrogens is 3. The molecule has 3 aliphatic heterocycles. The van der Waals surface area contributed by atoms with Crippen LogP contribution >= 0.6 is 0 Å². The molecule has 0 radical (unpaired) electrons. The molecule has 3 saturated heterocycles. The van der Waals surface area contributed by atoms with Crippen molar-refractivity contribution in [2.24, 2.45) is 11.8 Å². The first-order valence-corrected chi connectivity index (χ1v) is 16.0. The predicted octanol–water partition coefficient (Wildman–Crippen LogP) is 5.65. The van der Waals surface area contributed by atoms with Crippen molar-refractivity contribution >= 4 is 33.5 Å². The number of fused-ring (bicyclic) bond motifs is 5. The van der Waals surface area contributed by atoms with Crippen LogP contribution in [0.15, 0.2) is 30.5 Å². The lowest BCUT2D eigenvalue weighted by Gasteiger charge is -2.32. The lowest BCUT2D eigenvalue weighted by Crippen LogP contribution is -2.43. The van der Waals surface area contributed by atoms with E-state index in [0.29, 0.717) is 66.3 Å². The Morgan fingerprint density at radius 2 is 2.02 bits per heavy atom. The van der Waals surface area contributed by atoms with E-state index in [9.17, 15) is 23.8 Å². The number of halogens is 3. The Balaban J connectivity index is 1.26. The van der Waals surface area contributed by atoms with E-state index in [1.54, 1.807) is 13.0 Å². The number of ether oxygens (including phenoxy) is 1. The van der Waals surface area contributed by atoms with Gasteiger partial charge in [-0.3, -0.25) is 14.7 Å². The largest absolute Gasteiger partial charge is 0.508 e. The highest BCUT2D eigenvalue weighted by Gasteiger charge is 2.50. The van der Waals surface area contributed by atoms with Crippen LogP contribution < -0.4 is 9.64 Å². The number of alkyl halides is 1. The van der Waals surface area contributed by atoms with E-state index in [2.05, 4.69) is 14.9 Å². The normalized spacial score (nSPS) is 27.3. The van der Waals surface area contributed by atoms with Crippen molar-refractivity contribution in [3.05, 3.63) is 47.7 Å². The van der Waals surface area contributed by atoms with E-state index in [0.717, 1.165) is 19.4 Å². The number of rotatable bonds is 7. The van der Waals surface area contributed by atoms with Gasteiger partial charge in [0.05, 0.1) is 16.8 Å². The molecule has 2 aromatic carbocycles. The second kappa shape index (κ2) is 10.7. The van der Waals surface area contributed by atoms with Crippen molar-refractivity contribution in [3.8, 4) is 23.0 Å². The molecule has 0 amide bonds. The average Bonchev–Trinajstić information content (AvgIpc) is 3.80. The highest BCUT2D eigenvalue weighted by Crippen LogP contribution is 2.47. The Kier molecular flexibility index (Phi) is 6.79. The molecule has 5 heterocycles. The number of nitrogens with zero attached hydrogens (tertiary/aromatic N) is 5. The van der Waals surface area contributed by atoms with E-state index in [4.69, 9.17) is 9.72 Å². The summed E-state index contributed by atoms with van der Waals surface area (Å²) >= 11 is 0. The Morgan fingerprint density at radius 1 is 1.17 bits per heavy atom. The molecule has 12 heteroatoms. The maximum Gasteiger partial charge on any atom is 0.319 e. The van der Waals surface area contributed by atoms with Crippen molar-refractivity contribution in [2.45, 2.75) is 63.2 Å². The van der Waals surface area contributed by atoms with E-state index in [1.165, 1.54) is 24.4 Å². The number of aryl methyl sites for hydroxylation is 1. The molecule has 240 valence electrons. The maximum absolute atomic E-state index is 16.8. The second-order valence-corrected chi connectivity index (χ2v) is 13.3. The van der Waals surface area contributed by atoms with E-state index < -0.39 is 35.2 Å². The molecule has 4 fully saturated rings. The lowest BCUT2D eigenvalue weighted by atomic mass is 9.94. The van der Waals surface area contributed by atoms with E-state index in [1.807, 2.05) is 4.90 Å². The Hall–Kier alpha value is -4.19. The fraction of sp³-hybridized carbons (Fsp3) is 0.471. The van der Waals surface area contributed by atoms with Gasteiger partial charge in [-0.1, -0.05) is 13.0 Å². The van der Waals surface area contributed by atoms with Gasteiger partial charge in [0.2, 0.25) is 0 Å². The van der Waals surface area contributed by atoms with Gasteiger partial charge in [-0.2, -0.15) is 9.97 Å². The molecule has 0 spiro atoms. The number of carbonyl (C=O) groups is 1. The quantitative estimate of drug-likeness (QED) is 0.267. The smallest absolute Gasteiger partial charge is 0.319 e. The van der Waals surface area contributed by atoms with E-state index >= 15 is 4.39 Å². The average molecular weight is 634 g/mol. The van der Waals surface area contributed by atoms with Gasteiger partial charge in [-0.05, 0) is 79.1 Å². The number of anilines is 1. The summed E-state index contributed by atoms with van der Waals surface area (Å²) in [5, 5.41) is 21.6. The SMILES string of the molecule is CCc1c(F)ccc2cc(O)cc(-c3ncc4c(N5CC6CC5CC6C(=O)O)nc(OC[C@@]56CCCN5C[C@H](F)C6)nc4c3F)c12. The zero-order valence-electron chi connectivity index (χ0n) is 25.3. The molecule has 4 aliphatic rings. The van der Waals surface area contributed by atoms with Crippen molar-refractivity contribution in [1.82, 2.24) is 19.9 Å². The summed E-state index contributed by atoms with van der Waals surface area (Å²) in [7, 11) is 0. The van der Waals surface area contributed by atoms with Gasteiger partial charge < -0.3 is 19.8 Å². The molecule has 2 N–H and O–H groups in total. The van der Waals surface area contributed by atoms with Gasteiger partial charge in [0.1, 0.15) is 41.4 Å². The Labute approximate surface area is 263 Å². The van der Waals surface area contributed by atoms with Crippen LogP contribution in [0.25, 0.3) is 32.9 Å². The third-order valence-electron chi connectivity index (χ3n) is 10.8. The molecule has 2 aromatic heterocycles. The first kappa shape index (κ1) is 29.2. The standard InChI is InChI=1S/C34H34F3N5O4/c1-2-22-26(36)5-4-17-9-21(43)11-24(27(17)22)29-28(37)30-25(13-38-29)31(42-14-18-8-20(42)10-23(18)32(44)45)40-33(39-30)46-16-34-6-3-7-41(34)15-19(35)12-34/h4-5,9,11,13,18-20,23,43H,2-3,6-8,10,12,14-16H2,1H3,(H,44,45)/t18?,19-,20?,23?,34+/m1/s1. The number of carboxylic acid groups (broad SMARTS) is 1. The van der Waals surface area contributed by atoms with Gasteiger partial charge in [-0.15, -0.1) is 0 Å². The summed E-state index contributed by atoms with van der Waals surface area (Å²) in [4.78, 5) is 29.7.